The lowest BCUT2D eigenvalue weighted by atomic mass is 9.31. The molecular formula is C128H94B2N6O. The minimum atomic E-state index is -1.70. The summed E-state index contributed by atoms with van der Waals surface area (Å²) in [4.78, 5) is 8.70. The van der Waals surface area contributed by atoms with Crippen LogP contribution in [-0.4, -0.2) is 22.6 Å². The summed E-state index contributed by atoms with van der Waals surface area (Å²) in [5, 5.41) is -1.13. The Bertz CT molecular complexity index is 9710. The fourth-order valence-corrected chi connectivity index (χ4v) is 21.1. The molecule has 2 aromatic heterocycles. The highest BCUT2D eigenvalue weighted by Gasteiger charge is 2.54. The quantitative estimate of drug-likeness (QED) is 0.0955. The third-order valence-electron chi connectivity index (χ3n) is 27.3. The van der Waals surface area contributed by atoms with Crippen LogP contribution in [0, 0.1) is 0 Å². The van der Waals surface area contributed by atoms with E-state index in [9.17, 15) is 28.8 Å². The molecule has 4 aliphatic rings. The second kappa shape index (κ2) is 31.9. The molecule has 9 heteroatoms. The van der Waals surface area contributed by atoms with E-state index in [0.717, 1.165) is 27.8 Å². The number of fused-ring (bicyclic) bond motifs is 15. The topological polar surface area (TPSA) is 32.1 Å². The van der Waals surface area contributed by atoms with Gasteiger partial charge in [0.1, 0.15) is 11.5 Å². The first-order chi connectivity index (χ1) is 76.5. The predicted molar refractivity (Wildman–Crippen MR) is 580 cm³/mol. The summed E-state index contributed by atoms with van der Waals surface area (Å²) in [5.41, 5.74) is 10.8. The van der Waals surface area contributed by atoms with E-state index in [1.54, 1.807) is 4.57 Å². The summed E-state index contributed by atoms with van der Waals surface area (Å²) in [5.74, 6) is 0.283. The Hall–Kier alpha value is -16.9. The lowest BCUT2D eigenvalue weighted by molar-refractivity contribution is 0.489. The molecule has 648 valence electrons. The molecule has 0 radical (unpaired) electrons. The highest BCUT2D eigenvalue weighted by atomic mass is 16.5. The van der Waals surface area contributed by atoms with Crippen molar-refractivity contribution in [2.24, 2.45) is 0 Å². The van der Waals surface area contributed by atoms with Crippen molar-refractivity contribution in [3.63, 3.8) is 0 Å². The van der Waals surface area contributed by atoms with E-state index in [2.05, 4.69) is 111 Å². The first kappa shape index (κ1) is 61.0. The van der Waals surface area contributed by atoms with Gasteiger partial charge in [-0.05, 0) is 226 Å². The van der Waals surface area contributed by atoms with Crippen LogP contribution in [0.3, 0.4) is 0 Å². The van der Waals surface area contributed by atoms with Gasteiger partial charge < -0.3 is 33.5 Å². The van der Waals surface area contributed by atoms with E-state index < -0.39 is 185 Å². The van der Waals surface area contributed by atoms with Crippen LogP contribution in [0.2, 0.25) is 0 Å². The standard InChI is InChI=1S/C128H94B2N6O/c1-127(2,3)91-76-101(85-46-21-9-22-47-85)120(102(77-91)86-48-23-10-24-49-86)135-113-80-97(133-110-66-39-37-62-98(110)99-63-38-40-67-111(99)133)70-72-106(113)129-109-81-114-118-126(137-117-75-90(84-44-19-8-20-45-84)68-71-107(117)130(118)108-65-41-64-100-105-74-89(83-42-17-7-18-43-83)69-73-112(105)134(114)122(100)108)123(109)136(121-103(87-50-25-11-26-51-87)78-92(128(4,5)6)79-104(121)88-52-27-12-28-53-88)125-116(132(95-58-33-15-34-59-95)96-60-35-16-36-61-96)82-115(124(135)119(125)129)131(93-54-29-13-30-55-93)94-56-31-14-32-57-94/h7-82H,1-6H3/i7D,17D,18D,37D,38D,39D,40D,41D,42D,43D,62D,63D,64D,65D,66D,67D,69D,70D,72D,73D,74D,80D. The second-order valence-electron chi connectivity index (χ2n) is 37.3. The maximum atomic E-state index is 12.7. The Labute approximate surface area is 831 Å². The van der Waals surface area contributed by atoms with E-state index in [1.807, 2.05) is 278 Å². The number of para-hydroxylation sites is 7. The minimum absolute atomic E-state index is 0.0289. The molecule has 137 heavy (non-hydrogen) atoms. The van der Waals surface area contributed by atoms with Gasteiger partial charge in [-0.25, -0.2) is 0 Å². The molecule has 7 nitrogen and oxygen atoms in total. The van der Waals surface area contributed by atoms with Crippen LogP contribution < -0.4 is 57.1 Å². The zero-order chi connectivity index (χ0) is 111. The summed E-state index contributed by atoms with van der Waals surface area (Å²) in [6.07, 6.45) is 0. The normalized spacial score (nSPS) is 15.0. The van der Waals surface area contributed by atoms with Gasteiger partial charge in [0.05, 0.1) is 86.5 Å². The summed E-state index contributed by atoms with van der Waals surface area (Å²) < 4.78 is 240. The zero-order valence-electron chi connectivity index (χ0n) is 97.4. The number of benzene rings is 20. The monoisotopic (exact) mass is 1770 g/mol. The van der Waals surface area contributed by atoms with E-state index in [1.165, 1.54) is 4.57 Å². The summed E-state index contributed by atoms with van der Waals surface area (Å²) >= 11 is 0. The molecule has 4 aliphatic heterocycles. The fourth-order valence-electron chi connectivity index (χ4n) is 21.1. The molecule has 0 amide bonds. The molecule has 0 fully saturated rings. The average Bonchev–Trinajstić information content (AvgIpc) is 1.63. The molecular weight excluding hydrogens is 1660 g/mol. The van der Waals surface area contributed by atoms with Crippen LogP contribution in [-0.2, 0) is 10.8 Å². The number of aromatic nitrogens is 2. The van der Waals surface area contributed by atoms with E-state index >= 15 is 0 Å². The van der Waals surface area contributed by atoms with E-state index in [0.29, 0.717) is 107 Å². The third kappa shape index (κ3) is 13.0. The summed E-state index contributed by atoms with van der Waals surface area (Å²) in [7, 11) is 0. The van der Waals surface area contributed by atoms with Crippen molar-refractivity contribution in [2.75, 3.05) is 19.6 Å². The van der Waals surface area contributed by atoms with Crippen LogP contribution in [0.15, 0.2) is 461 Å². The van der Waals surface area contributed by atoms with Gasteiger partial charge in [0.25, 0.3) is 13.4 Å². The van der Waals surface area contributed by atoms with Gasteiger partial charge in [-0.15, -0.1) is 0 Å². The van der Waals surface area contributed by atoms with Gasteiger partial charge in [0.15, 0.2) is 0 Å². The molecule has 0 aliphatic carbocycles. The third-order valence-corrected chi connectivity index (χ3v) is 27.3. The summed E-state index contributed by atoms with van der Waals surface area (Å²) in [6, 6.07) is 92.5. The number of anilines is 12. The predicted octanol–water partition coefficient (Wildman–Crippen LogP) is 30.4. The minimum Gasteiger partial charge on any atom is -0.456 e. The van der Waals surface area contributed by atoms with Crippen LogP contribution >= 0.6 is 0 Å². The molecule has 0 N–H and O–H groups in total. The number of rotatable bonds is 15. The van der Waals surface area contributed by atoms with Crippen molar-refractivity contribution in [2.45, 2.75) is 52.4 Å². The van der Waals surface area contributed by atoms with Crippen molar-refractivity contribution < 1.29 is 34.9 Å². The maximum Gasteiger partial charge on any atom is 0.256 e. The molecule has 0 saturated carbocycles. The van der Waals surface area contributed by atoms with Gasteiger partial charge in [0.2, 0.25) is 0 Å². The van der Waals surface area contributed by atoms with Crippen molar-refractivity contribution in [3.8, 4) is 89.6 Å². The van der Waals surface area contributed by atoms with Crippen LogP contribution in [0.4, 0.5) is 68.2 Å². The average molecular weight is 1780 g/mol. The Morgan fingerprint density at radius 2 is 0.708 bits per heavy atom. The number of ether oxygens (including phenoxy) is 1. The maximum absolute atomic E-state index is 12.7. The molecule has 6 heterocycles. The first-order valence-corrected chi connectivity index (χ1v) is 46.1. The van der Waals surface area contributed by atoms with Crippen LogP contribution in [0.5, 0.6) is 11.5 Å². The number of hydrogen-bond donors (Lipinski definition) is 0. The Morgan fingerprint density at radius 1 is 0.277 bits per heavy atom. The Morgan fingerprint density at radius 3 is 1.20 bits per heavy atom. The van der Waals surface area contributed by atoms with Crippen molar-refractivity contribution >= 4 is 158 Å². The zero-order valence-corrected chi connectivity index (χ0v) is 75.4. The van der Waals surface area contributed by atoms with Gasteiger partial charge in [-0.3, -0.25) is 0 Å². The molecule has 0 bridgehead atoms. The molecule has 20 aromatic carbocycles. The van der Waals surface area contributed by atoms with Gasteiger partial charge in [-0.2, -0.15) is 0 Å². The molecule has 0 spiro atoms. The van der Waals surface area contributed by atoms with Crippen molar-refractivity contribution in [1.82, 2.24) is 9.13 Å². The molecule has 0 unspecified atom stereocenters. The molecule has 0 saturated heterocycles. The van der Waals surface area contributed by atoms with Gasteiger partial charge >= 0.3 is 0 Å². The van der Waals surface area contributed by atoms with Crippen molar-refractivity contribution in [3.05, 3.63) is 472 Å². The van der Waals surface area contributed by atoms with Gasteiger partial charge in [-0.1, -0.05) is 375 Å². The second-order valence-corrected chi connectivity index (χ2v) is 37.3. The smallest absolute Gasteiger partial charge is 0.256 e. The molecule has 0 atom stereocenters. The lowest BCUT2D eigenvalue weighted by Crippen LogP contribution is -2.64. The van der Waals surface area contributed by atoms with Crippen molar-refractivity contribution in [1.29, 1.82) is 0 Å². The molecule has 22 aromatic rings. The summed E-state index contributed by atoms with van der Waals surface area (Å²) in [6.45, 7) is 9.92. The van der Waals surface area contributed by atoms with Crippen LogP contribution in [0.1, 0.15) is 82.8 Å². The lowest BCUT2D eigenvalue weighted by Gasteiger charge is -2.50. The Kier molecular flexibility index (Phi) is 14.2. The van der Waals surface area contributed by atoms with E-state index in [-0.39, 0.29) is 83.0 Å². The highest BCUT2D eigenvalue weighted by molar-refractivity contribution is 7.02. The van der Waals surface area contributed by atoms with Crippen LogP contribution in [0.25, 0.3) is 122 Å². The fraction of sp³-hybridized carbons (Fsp3) is 0.0625. The number of nitrogens with zero attached hydrogens (tertiary/aromatic N) is 6. The molecule has 26 rings (SSSR count). The SMILES string of the molecule is [2H]c1c([2H])c([2H])c(-c2c([2H])c([2H])c3c(c2[2H])c2c([2H])c([2H])c([2H])c4c2n3-c2cc3c(c5c2B4c2ccc(-c4ccccc4)cc2O5)N(c2c(-c4ccccc4)cc(C(C)(C)C)cc2-c2ccccc2)c2c(N(c4ccccc4)c4ccccc4)cc(N(c4ccccc4)c4ccccc4)c4c2B3c2c([2H])c([2H])c(-n3c5c([2H])c([2H])c([2H])c([2H])c5c5c([2H])c([2H])c([2H])c([2H])c53)c([2H])c2N4c2c(-c3ccccc3)cc(C(C)(C)C)cc2-c2ccccc2)c([2H])c1[2H]. The highest BCUT2D eigenvalue weighted by Crippen LogP contribution is 2.63. The number of hydrogen-bond acceptors (Lipinski definition) is 5. The Balaban J connectivity index is 0.991. The van der Waals surface area contributed by atoms with Gasteiger partial charge in [0, 0.05) is 89.1 Å². The first-order valence-electron chi connectivity index (χ1n) is 57.1. The largest absolute Gasteiger partial charge is 0.456 e. The van der Waals surface area contributed by atoms with E-state index in [4.69, 9.17) is 6.11 Å².